The summed E-state index contributed by atoms with van der Waals surface area (Å²) in [7, 11) is 1.71. The molecule has 0 saturated heterocycles. The van der Waals surface area contributed by atoms with Crippen molar-refractivity contribution in [3.05, 3.63) is 55.9 Å². The lowest BCUT2D eigenvalue weighted by Gasteiger charge is -2.18. The highest BCUT2D eigenvalue weighted by Gasteiger charge is 2.15. The molecule has 0 aliphatic rings. The van der Waals surface area contributed by atoms with Gasteiger partial charge >= 0.3 is 0 Å². The van der Waals surface area contributed by atoms with Gasteiger partial charge in [0.15, 0.2) is 0 Å². The van der Waals surface area contributed by atoms with Gasteiger partial charge in [0.25, 0.3) is 5.56 Å². The quantitative estimate of drug-likeness (QED) is 0.675. The number of aryl methyl sites for hydroxylation is 4. The predicted molar refractivity (Wildman–Crippen MR) is 108 cm³/mol. The van der Waals surface area contributed by atoms with Gasteiger partial charge in [-0.3, -0.25) is 14.2 Å². The van der Waals surface area contributed by atoms with Gasteiger partial charge in [-0.2, -0.15) is 0 Å². The third-order valence-corrected chi connectivity index (χ3v) is 6.16. The molecule has 1 amide bonds. The Kier molecular flexibility index (Phi) is 5.16. The standard InChI is InChI=1S/C19H20ClN3O2S/c1-11-5-6-14(9-15(11)20)22(4)16(24)7-8-23-10-21-18-17(19(23)25)12(2)13(3)26-18/h5-6,9-10H,7-8H2,1-4H3. The summed E-state index contributed by atoms with van der Waals surface area (Å²) in [5, 5.41) is 1.28. The molecule has 0 aliphatic carbocycles. The van der Waals surface area contributed by atoms with E-state index in [9.17, 15) is 9.59 Å². The van der Waals surface area contributed by atoms with Crippen molar-refractivity contribution in [1.29, 1.82) is 0 Å². The van der Waals surface area contributed by atoms with Crippen molar-refractivity contribution in [2.45, 2.75) is 33.7 Å². The lowest BCUT2D eigenvalue weighted by molar-refractivity contribution is -0.118. The van der Waals surface area contributed by atoms with Gasteiger partial charge in [0.1, 0.15) is 4.83 Å². The molecule has 0 saturated carbocycles. The molecular formula is C19H20ClN3O2S. The van der Waals surface area contributed by atoms with Crippen LogP contribution in [0.4, 0.5) is 5.69 Å². The number of carbonyl (C=O) groups excluding carboxylic acids is 1. The summed E-state index contributed by atoms with van der Waals surface area (Å²) in [6.07, 6.45) is 1.73. The van der Waals surface area contributed by atoms with E-state index in [1.54, 1.807) is 18.0 Å². The van der Waals surface area contributed by atoms with Crippen molar-refractivity contribution in [2.75, 3.05) is 11.9 Å². The van der Waals surface area contributed by atoms with Crippen LogP contribution in [0.1, 0.15) is 22.4 Å². The van der Waals surface area contributed by atoms with Crippen LogP contribution in [0.25, 0.3) is 10.2 Å². The van der Waals surface area contributed by atoms with E-state index >= 15 is 0 Å². The third kappa shape index (κ3) is 3.39. The summed E-state index contributed by atoms with van der Waals surface area (Å²) in [4.78, 5) is 33.0. The zero-order valence-electron chi connectivity index (χ0n) is 15.2. The molecular weight excluding hydrogens is 370 g/mol. The number of amides is 1. The Bertz CT molecular complexity index is 1050. The van der Waals surface area contributed by atoms with Crippen LogP contribution < -0.4 is 10.5 Å². The molecule has 0 fully saturated rings. The van der Waals surface area contributed by atoms with E-state index in [0.29, 0.717) is 17.0 Å². The van der Waals surface area contributed by atoms with Crippen LogP contribution in [0.15, 0.2) is 29.3 Å². The van der Waals surface area contributed by atoms with E-state index in [4.69, 9.17) is 11.6 Å². The van der Waals surface area contributed by atoms with Crippen LogP contribution in [0.5, 0.6) is 0 Å². The van der Waals surface area contributed by atoms with E-state index in [-0.39, 0.29) is 17.9 Å². The highest BCUT2D eigenvalue weighted by atomic mass is 35.5. The first-order valence-corrected chi connectivity index (χ1v) is 9.47. The molecule has 136 valence electrons. The Hall–Kier alpha value is -2.18. The molecule has 0 radical (unpaired) electrons. The Morgan fingerprint density at radius 3 is 2.73 bits per heavy atom. The molecule has 0 atom stereocenters. The van der Waals surface area contributed by atoms with Crippen molar-refractivity contribution in [3.63, 3.8) is 0 Å². The molecule has 0 spiro atoms. The molecule has 3 aromatic rings. The second-order valence-electron chi connectivity index (χ2n) is 6.34. The summed E-state index contributed by atoms with van der Waals surface area (Å²) < 4.78 is 1.51. The fourth-order valence-corrected chi connectivity index (χ4v) is 3.91. The average Bonchev–Trinajstić information content (AvgIpc) is 2.91. The summed E-state index contributed by atoms with van der Waals surface area (Å²) in [6.45, 7) is 6.12. The molecule has 0 aliphatic heterocycles. The van der Waals surface area contributed by atoms with Gasteiger partial charge < -0.3 is 4.90 Å². The van der Waals surface area contributed by atoms with Gasteiger partial charge in [-0.05, 0) is 44.0 Å². The predicted octanol–water partition coefficient (Wildman–Crippen LogP) is 4.09. The Balaban J connectivity index is 1.78. The van der Waals surface area contributed by atoms with Gasteiger partial charge in [-0.15, -0.1) is 11.3 Å². The Morgan fingerprint density at radius 2 is 2.04 bits per heavy atom. The summed E-state index contributed by atoms with van der Waals surface area (Å²) in [6, 6.07) is 5.51. The number of hydrogen-bond donors (Lipinski definition) is 0. The SMILES string of the molecule is Cc1ccc(N(C)C(=O)CCn2cnc3sc(C)c(C)c3c2=O)cc1Cl. The van der Waals surface area contributed by atoms with Gasteiger partial charge in [0, 0.05) is 35.6 Å². The molecule has 3 rings (SSSR count). The van der Waals surface area contributed by atoms with E-state index in [1.807, 2.05) is 32.9 Å². The molecule has 0 unspecified atom stereocenters. The summed E-state index contributed by atoms with van der Waals surface area (Å²) >= 11 is 7.66. The molecule has 5 nitrogen and oxygen atoms in total. The number of benzene rings is 1. The van der Waals surface area contributed by atoms with Crippen LogP contribution in [0, 0.1) is 20.8 Å². The summed E-state index contributed by atoms with van der Waals surface area (Å²) in [5.74, 6) is -0.0878. The highest BCUT2D eigenvalue weighted by Crippen LogP contribution is 2.25. The second-order valence-corrected chi connectivity index (χ2v) is 7.95. The first-order chi connectivity index (χ1) is 12.3. The third-order valence-electron chi connectivity index (χ3n) is 4.64. The number of aromatic nitrogens is 2. The fraction of sp³-hybridized carbons (Fsp3) is 0.316. The average molecular weight is 390 g/mol. The molecule has 0 N–H and O–H groups in total. The topological polar surface area (TPSA) is 55.2 Å². The number of carbonyl (C=O) groups is 1. The van der Waals surface area contributed by atoms with Crippen molar-refractivity contribution >= 4 is 44.7 Å². The monoisotopic (exact) mass is 389 g/mol. The first kappa shape index (κ1) is 18.6. The minimum absolute atomic E-state index is 0.0878. The highest BCUT2D eigenvalue weighted by molar-refractivity contribution is 7.18. The first-order valence-electron chi connectivity index (χ1n) is 8.27. The number of rotatable bonds is 4. The van der Waals surface area contributed by atoms with Gasteiger partial charge in [-0.25, -0.2) is 4.98 Å². The number of fused-ring (bicyclic) bond motifs is 1. The van der Waals surface area contributed by atoms with Crippen molar-refractivity contribution < 1.29 is 4.79 Å². The van der Waals surface area contributed by atoms with Crippen molar-refractivity contribution in [3.8, 4) is 0 Å². The number of thiophene rings is 1. The smallest absolute Gasteiger partial charge is 0.262 e. The van der Waals surface area contributed by atoms with Gasteiger partial charge in [-0.1, -0.05) is 17.7 Å². The Labute approximate surface area is 160 Å². The molecule has 7 heteroatoms. The van der Waals surface area contributed by atoms with Gasteiger partial charge in [0.2, 0.25) is 5.91 Å². The molecule has 1 aromatic carbocycles. The minimum Gasteiger partial charge on any atom is -0.315 e. The summed E-state index contributed by atoms with van der Waals surface area (Å²) in [5.41, 5.74) is 2.57. The number of halogens is 1. The van der Waals surface area contributed by atoms with Crippen LogP contribution in [0.3, 0.4) is 0 Å². The van der Waals surface area contributed by atoms with Crippen LogP contribution in [0.2, 0.25) is 5.02 Å². The lowest BCUT2D eigenvalue weighted by atomic mass is 10.2. The van der Waals surface area contributed by atoms with E-state index in [2.05, 4.69) is 4.98 Å². The maximum Gasteiger partial charge on any atom is 0.262 e. The van der Waals surface area contributed by atoms with Gasteiger partial charge in [0.05, 0.1) is 11.7 Å². The normalized spacial score (nSPS) is 11.1. The zero-order chi connectivity index (χ0) is 19.0. The molecule has 0 bridgehead atoms. The minimum atomic E-state index is -0.0920. The van der Waals surface area contributed by atoms with E-state index in [0.717, 1.165) is 26.5 Å². The van der Waals surface area contributed by atoms with Crippen LogP contribution >= 0.6 is 22.9 Å². The number of anilines is 1. The van der Waals surface area contributed by atoms with E-state index in [1.165, 1.54) is 22.2 Å². The lowest BCUT2D eigenvalue weighted by Crippen LogP contribution is -2.29. The van der Waals surface area contributed by atoms with Crippen LogP contribution in [-0.2, 0) is 11.3 Å². The van der Waals surface area contributed by atoms with E-state index < -0.39 is 0 Å². The van der Waals surface area contributed by atoms with Crippen molar-refractivity contribution in [2.24, 2.45) is 0 Å². The molecule has 26 heavy (non-hydrogen) atoms. The largest absolute Gasteiger partial charge is 0.315 e. The number of hydrogen-bond acceptors (Lipinski definition) is 4. The second kappa shape index (κ2) is 7.21. The zero-order valence-corrected chi connectivity index (χ0v) is 16.7. The maximum absolute atomic E-state index is 12.7. The van der Waals surface area contributed by atoms with Crippen molar-refractivity contribution in [1.82, 2.24) is 9.55 Å². The Morgan fingerprint density at radius 1 is 1.31 bits per heavy atom. The maximum atomic E-state index is 12.7. The molecule has 2 heterocycles. The molecule has 2 aromatic heterocycles. The number of nitrogens with zero attached hydrogens (tertiary/aromatic N) is 3. The van der Waals surface area contributed by atoms with Crippen LogP contribution in [-0.4, -0.2) is 22.5 Å². The fourth-order valence-electron chi connectivity index (χ4n) is 2.75.